The van der Waals surface area contributed by atoms with Crippen molar-refractivity contribution in [1.82, 2.24) is 9.88 Å². The molecular formula is C18H21FN2O. The van der Waals surface area contributed by atoms with Crippen LogP contribution in [0.25, 0.3) is 16.5 Å². The molecule has 0 unspecified atom stereocenters. The summed E-state index contributed by atoms with van der Waals surface area (Å²) >= 11 is 0. The van der Waals surface area contributed by atoms with Gasteiger partial charge in [0.05, 0.1) is 0 Å². The quantitative estimate of drug-likeness (QED) is 0.915. The lowest BCUT2D eigenvalue weighted by Crippen LogP contribution is -2.35. The van der Waals surface area contributed by atoms with E-state index in [0.717, 1.165) is 29.4 Å². The van der Waals surface area contributed by atoms with E-state index < -0.39 is 0 Å². The Labute approximate surface area is 129 Å². The fourth-order valence-electron chi connectivity index (χ4n) is 2.98. The minimum absolute atomic E-state index is 0.228. The molecule has 0 aliphatic carbocycles. The Morgan fingerprint density at radius 3 is 2.91 bits per heavy atom. The maximum atomic E-state index is 13.3. The van der Waals surface area contributed by atoms with Gasteiger partial charge in [-0.15, -0.1) is 0 Å². The molecule has 0 bridgehead atoms. The third kappa shape index (κ3) is 2.91. The number of H-pyrrole nitrogens is 1. The number of aromatic nitrogens is 1. The molecule has 0 saturated heterocycles. The van der Waals surface area contributed by atoms with Gasteiger partial charge in [-0.1, -0.05) is 19.9 Å². The Hall–Kier alpha value is -2.10. The van der Waals surface area contributed by atoms with Crippen molar-refractivity contribution in [1.29, 1.82) is 0 Å². The maximum absolute atomic E-state index is 13.3. The monoisotopic (exact) mass is 300 g/mol. The molecule has 0 spiro atoms. The number of carbonyl (C=O) groups is 1. The zero-order valence-corrected chi connectivity index (χ0v) is 13.0. The van der Waals surface area contributed by atoms with Gasteiger partial charge in [-0.25, -0.2) is 4.39 Å². The van der Waals surface area contributed by atoms with Crippen LogP contribution in [0.5, 0.6) is 0 Å². The Morgan fingerprint density at radius 1 is 1.41 bits per heavy atom. The first kappa shape index (κ1) is 14.8. The fourth-order valence-corrected chi connectivity index (χ4v) is 2.98. The van der Waals surface area contributed by atoms with E-state index in [1.54, 1.807) is 0 Å². The van der Waals surface area contributed by atoms with Crippen molar-refractivity contribution in [2.24, 2.45) is 5.92 Å². The number of nitrogens with one attached hydrogen (secondary N) is 1. The van der Waals surface area contributed by atoms with E-state index in [4.69, 9.17) is 0 Å². The molecule has 1 aromatic heterocycles. The molecule has 0 fully saturated rings. The van der Waals surface area contributed by atoms with Gasteiger partial charge in [0.1, 0.15) is 5.82 Å². The van der Waals surface area contributed by atoms with Crippen LogP contribution in [0.15, 0.2) is 30.5 Å². The number of carbonyl (C=O) groups excluding carboxylic acids is 1. The molecule has 22 heavy (non-hydrogen) atoms. The molecule has 1 aromatic carbocycles. The number of nitrogens with zero attached hydrogens (tertiary/aromatic N) is 1. The molecule has 1 N–H and O–H groups in total. The maximum Gasteiger partial charge on any atom is 0.223 e. The van der Waals surface area contributed by atoms with Gasteiger partial charge in [-0.2, -0.15) is 0 Å². The first-order chi connectivity index (χ1) is 10.5. The third-order valence-electron chi connectivity index (χ3n) is 4.13. The smallest absolute Gasteiger partial charge is 0.223 e. The standard InChI is InChI=1S/C18H21FN2O/c1-12(2)9-18(22)21-7-5-13(6-8-21)16-11-20-17-10-14(19)3-4-15(16)17/h3-5,10-12,20H,6-9H2,1-2H3. The SMILES string of the molecule is CC(C)CC(=O)N1CC=C(c2c[nH]c3cc(F)ccc23)CC1. The van der Waals surface area contributed by atoms with Crippen molar-refractivity contribution in [3.8, 4) is 0 Å². The van der Waals surface area contributed by atoms with Crippen molar-refractivity contribution in [2.75, 3.05) is 13.1 Å². The summed E-state index contributed by atoms with van der Waals surface area (Å²) < 4.78 is 13.3. The van der Waals surface area contributed by atoms with E-state index in [9.17, 15) is 9.18 Å². The summed E-state index contributed by atoms with van der Waals surface area (Å²) in [6.07, 6.45) is 5.50. The molecule has 0 saturated carbocycles. The van der Waals surface area contributed by atoms with Crippen LogP contribution < -0.4 is 0 Å². The average molecular weight is 300 g/mol. The van der Waals surface area contributed by atoms with Gasteiger partial charge in [0.25, 0.3) is 0 Å². The van der Waals surface area contributed by atoms with E-state index in [0.29, 0.717) is 18.9 Å². The highest BCUT2D eigenvalue weighted by atomic mass is 19.1. The van der Waals surface area contributed by atoms with Gasteiger partial charge in [-0.05, 0) is 36.1 Å². The minimum atomic E-state index is -0.232. The summed E-state index contributed by atoms with van der Waals surface area (Å²) in [7, 11) is 0. The zero-order valence-electron chi connectivity index (χ0n) is 13.0. The molecular weight excluding hydrogens is 279 g/mol. The Kier molecular flexibility index (Phi) is 4.01. The van der Waals surface area contributed by atoms with Gasteiger partial charge in [0.15, 0.2) is 0 Å². The van der Waals surface area contributed by atoms with Crippen LogP contribution in [0.4, 0.5) is 4.39 Å². The van der Waals surface area contributed by atoms with E-state index in [1.165, 1.54) is 17.7 Å². The highest BCUT2D eigenvalue weighted by molar-refractivity contribution is 5.93. The first-order valence-electron chi connectivity index (χ1n) is 7.78. The number of halogens is 1. The second-order valence-corrected chi connectivity index (χ2v) is 6.31. The molecule has 116 valence electrons. The lowest BCUT2D eigenvalue weighted by atomic mass is 9.98. The summed E-state index contributed by atoms with van der Waals surface area (Å²) in [5.74, 6) is 0.386. The molecule has 2 aromatic rings. The summed E-state index contributed by atoms with van der Waals surface area (Å²) in [4.78, 5) is 17.1. The molecule has 0 radical (unpaired) electrons. The predicted molar refractivity (Wildman–Crippen MR) is 86.9 cm³/mol. The van der Waals surface area contributed by atoms with Gasteiger partial charge in [0, 0.05) is 42.2 Å². The number of benzene rings is 1. The molecule has 3 nitrogen and oxygen atoms in total. The summed E-state index contributed by atoms with van der Waals surface area (Å²) in [5, 5.41) is 1.04. The lowest BCUT2D eigenvalue weighted by molar-refractivity contribution is -0.131. The normalized spacial score (nSPS) is 15.5. The van der Waals surface area contributed by atoms with Crippen molar-refractivity contribution >= 4 is 22.4 Å². The molecule has 1 aliphatic rings. The molecule has 0 atom stereocenters. The van der Waals surface area contributed by atoms with Crippen LogP contribution in [-0.2, 0) is 4.79 Å². The minimum Gasteiger partial charge on any atom is -0.360 e. The third-order valence-corrected chi connectivity index (χ3v) is 4.13. The molecule has 1 amide bonds. The Balaban J connectivity index is 1.79. The molecule has 3 rings (SSSR count). The van der Waals surface area contributed by atoms with E-state index >= 15 is 0 Å². The highest BCUT2D eigenvalue weighted by Crippen LogP contribution is 2.29. The largest absolute Gasteiger partial charge is 0.360 e. The topological polar surface area (TPSA) is 36.1 Å². The van der Waals surface area contributed by atoms with Crippen LogP contribution >= 0.6 is 0 Å². The number of rotatable bonds is 3. The van der Waals surface area contributed by atoms with E-state index in [2.05, 4.69) is 24.9 Å². The highest BCUT2D eigenvalue weighted by Gasteiger charge is 2.19. The van der Waals surface area contributed by atoms with Gasteiger partial charge in [-0.3, -0.25) is 4.79 Å². The second-order valence-electron chi connectivity index (χ2n) is 6.31. The van der Waals surface area contributed by atoms with E-state index in [1.807, 2.05) is 17.2 Å². The summed E-state index contributed by atoms with van der Waals surface area (Å²) in [6.45, 7) is 5.54. The first-order valence-corrected chi connectivity index (χ1v) is 7.78. The van der Waals surface area contributed by atoms with Crippen LogP contribution in [-0.4, -0.2) is 28.9 Å². The fraction of sp³-hybridized carbons (Fsp3) is 0.389. The van der Waals surface area contributed by atoms with Crippen LogP contribution in [0.3, 0.4) is 0 Å². The average Bonchev–Trinajstić information content (AvgIpc) is 2.89. The van der Waals surface area contributed by atoms with Crippen molar-refractivity contribution in [3.63, 3.8) is 0 Å². The van der Waals surface area contributed by atoms with Crippen molar-refractivity contribution in [3.05, 3.63) is 41.9 Å². The van der Waals surface area contributed by atoms with Crippen LogP contribution in [0.1, 0.15) is 32.3 Å². The number of hydrogen-bond acceptors (Lipinski definition) is 1. The van der Waals surface area contributed by atoms with Gasteiger partial charge < -0.3 is 9.88 Å². The van der Waals surface area contributed by atoms with Crippen molar-refractivity contribution < 1.29 is 9.18 Å². The Bertz CT molecular complexity index is 730. The van der Waals surface area contributed by atoms with Gasteiger partial charge in [0.2, 0.25) is 5.91 Å². The zero-order chi connectivity index (χ0) is 15.7. The van der Waals surface area contributed by atoms with Crippen LogP contribution in [0, 0.1) is 11.7 Å². The summed E-state index contributed by atoms with van der Waals surface area (Å²) in [6, 6.07) is 4.82. The van der Waals surface area contributed by atoms with Gasteiger partial charge >= 0.3 is 0 Å². The molecule has 4 heteroatoms. The Morgan fingerprint density at radius 2 is 2.23 bits per heavy atom. The molecule has 1 aliphatic heterocycles. The lowest BCUT2D eigenvalue weighted by Gasteiger charge is -2.27. The number of aromatic amines is 1. The van der Waals surface area contributed by atoms with E-state index in [-0.39, 0.29) is 11.7 Å². The number of amides is 1. The van der Waals surface area contributed by atoms with Crippen LogP contribution in [0.2, 0.25) is 0 Å². The number of fused-ring (bicyclic) bond motifs is 1. The number of hydrogen-bond donors (Lipinski definition) is 1. The predicted octanol–water partition coefficient (Wildman–Crippen LogP) is 3.97. The second kappa shape index (κ2) is 5.95. The molecule has 2 heterocycles. The summed E-state index contributed by atoms with van der Waals surface area (Å²) in [5.41, 5.74) is 3.16. The van der Waals surface area contributed by atoms with Crippen molar-refractivity contribution in [2.45, 2.75) is 26.7 Å².